The zero-order valence-electron chi connectivity index (χ0n) is 19.1. The van der Waals surface area contributed by atoms with Gasteiger partial charge in [-0.25, -0.2) is 15.0 Å². The molecule has 166 valence electrons. The van der Waals surface area contributed by atoms with Crippen molar-refractivity contribution in [3.63, 3.8) is 0 Å². The van der Waals surface area contributed by atoms with Crippen LogP contribution in [0.5, 0.6) is 5.75 Å². The van der Waals surface area contributed by atoms with E-state index in [1.165, 1.54) is 0 Å². The van der Waals surface area contributed by atoms with Gasteiger partial charge in [-0.1, -0.05) is 6.07 Å². The van der Waals surface area contributed by atoms with Gasteiger partial charge in [0, 0.05) is 31.3 Å². The van der Waals surface area contributed by atoms with Crippen molar-refractivity contribution in [2.24, 2.45) is 0 Å². The molecule has 1 atom stereocenters. The van der Waals surface area contributed by atoms with Gasteiger partial charge in [0.25, 0.3) is 5.91 Å². The van der Waals surface area contributed by atoms with Crippen LogP contribution in [-0.4, -0.2) is 46.0 Å². The molecule has 0 radical (unpaired) electrons. The normalized spacial score (nSPS) is 16.0. The number of piperidine rings is 1. The number of benzene rings is 1. The van der Waals surface area contributed by atoms with Gasteiger partial charge in [-0.05, 0) is 69.0 Å². The van der Waals surface area contributed by atoms with Crippen LogP contribution in [0.1, 0.15) is 51.8 Å². The number of nitrogens with one attached hydrogen (secondary N) is 1. The fourth-order valence-electron chi connectivity index (χ4n) is 4.15. The number of hydrogen-bond donors (Lipinski definition) is 1. The number of anilines is 2. The Morgan fingerprint density at radius 2 is 1.88 bits per heavy atom. The highest BCUT2D eigenvalue weighted by Crippen LogP contribution is 2.30. The lowest BCUT2D eigenvalue weighted by Gasteiger charge is -2.33. The number of hydrogen-bond acceptors (Lipinski definition) is 6. The molecule has 0 saturated carbocycles. The van der Waals surface area contributed by atoms with Crippen LogP contribution < -0.4 is 10.1 Å². The van der Waals surface area contributed by atoms with Crippen molar-refractivity contribution >= 4 is 17.5 Å². The number of rotatable bonds is 5. The highest BCUT2D eigenvalue weighted by molar-refractivity contribution is 5.97. The number of pyridine rings is 1. The third-order valence-electron chi connectivity index (χ3n) is 5.74. The summed E-state index contributed by atoms with van der Waals surface area (Å²) in [7, 11) is 1.60. The van der Waals surface area contributed by atoms with Crippen molar-refractivity contribution < 1.29 is 9.53 Å². The molecule has 32 heavy (non-hydrogen) atoms. The fraction of sp³-hybridized carbons (Fsp3) is 0.360. The standard InChI is InChI=1S/C25H29N5O2/c1-16-7-8-20(22(12-16)32-4)25(31)30-11-5-6-19(15-30)21-14-24(28-18(3)27-21)29-23-13-17(2)9-10-26-23/h7-10,12-14,19H,5-6,11,15H2,1-4H3,(H,26,27,28,29)/t19-/m0/s1. The quantitative estimate of drug-likeness (QED) is 0.637. The maximum atomic E-state index is 13.3. The van der Waals surface area contributed by atoms with Gasteiger partial charge in [0.15, 0.2) is 0 Å². The number of methoxy groups -OCH3 is 1. The first-order valence-corrected chi connectivity index (χ1v) is 10.9. The maximum absolute atomic E-state index is 13.3. The minimum Gasteiger partial charge on any atom is -0.496 e. The molecular formula is C25H29N5O2. The van der Waals surface area contributed by atoms with E-state index in [1.807, 2.05) is 62.1 Å². The van der Waals surface area contributed by atoms with E-state index in [9.17, 15) is 4.79 Å². The summed E-state index contributed by atoms with van der Waals surface area (Å²) >= 11 is 0. The molecule has 0 aliphatic carbocycles. The van der Waals surface area contributed by atoms with E-state index in [-0.39, 0.29) is 11.8 Å². The van der Waals surface area contributed by atoms with Crippen LogP contribution in [0, 0.1) is 20.8 Å². The van der Waals surface area contributed by atoms with E-state index in [0.29, 0.717) is 29.5 Å². The van der Waals surface area contributed by atoms with Gasteiger partial charge in [-0.3, -0.25) is 4.79 Å². The Labute approximate surface area is 188 Å². The maximum Gasteiger partial charge on any atom is 0.257 e. The number of amides is 1. The number of ether oxygens (including phenoxy) is 1. The molecular weight excluding hydrogens is 402 g/mol. The third-order valence-corrected chi connectivity index (χ3v) is 5.74. The molecule has 4 rings (SSSR count). The predicted molar refractivity (Wildman–Crippen MR) is 125 cm³/mol. The highest BCUT2D eigenvalue weighted by Gasteiger charge is 2.28. The Kier molecular flexibility index (Phi) is 6.35. The first-order chi connectivity index (χ1) is 15.4. The monoisotopic (exact) mass is 431 g/mol. The summed E-state index contributed by atoms with van der Waals surface area (Å²) < 4.78 is 5.46. The van der Waals surface area contributed by atoms with Crippen molar-refractivity contribution in [1.29, 1.82) is 0 Å². The van der Waals surface area contributed by atoms with Crippen molar-refractivity contribution in [1.82, 2.24) is 19.9 Å². The van der Waals surface area contributed by atoms with Crippen LogP contribution in [0.25, 0.3) is 0 Å². The van der Waals surface area contributed by atoms with Crippen molar-refractivity contribution in [2.75, 3.05) is 25.5 Å². The zero-order chi connectivity index (χ0) is 22.7. The Balaban J connectivity index is 1.54. The number of aryl methyl sites for hydroxylation is 3. The molecule has 1 saturated heterocycles. The largest absolute Gasteiger partial charge is 0.496 e. The topological polar surface area (TPSA) is 80.2 Å². The van der Waals surface area contributed by atoms with E-state index < -0.39 is 0 Å². The lowest BCUT2D eigenvalue weighted by atomic mass is 9.93. The van der Waals surface area contributed by atoms with Crippen LogP contribution >= 0.6 is 0 Å². The first kappa shape index (κ1) is 21.7. The molecule has 1 fully saturated rings. The number of carbonyl (C=O) groups is 1. The molecule has 1 amide bonds. The van der Waals surface area contributed by atoms with Gasteiger partial charge in [-0.2, -0.15) is 0 Å². The molecule has 1 aliphatic heterocycles. The number of carbonyl (C=O) groups excluding carboxylic acids is 1. The zero-order valence-corrected chi connectivity index (χ0v) is 19.1. The molecule has 0 bridgehead atoms. The van der Waals surface area contributed by atoms with Gasteiger partial charge in [-0.15, -0.1) is 0 Å². The second kappa shape index (κ2) is 9.34. The van der Waals surface area contributed by atoms with Crippen LogP contribution in [0.4, 0.5) is 11.6 Å². The third kappa shape index (κ3) is 4.88. The summed E-state index contributed by atoms with van der Waals surface area (Å²) in [5.74, 6) is 2.93. The Bertz CT molecular complexity index is 1130. The van der Waals surface area contributed by atoms with Gasteiger partial charge in [0.1, 0.15) is 23.2 Å². The number of likely N-dealkylation sites (tertiary alicyclic amines) is 1. The van der Waals surface area contributed by atoms with Crippen LogP contribution in [0.2, 0.25) is 0 Å². The van der Waals surface area contributed by atoms with Gasteiger partial charge in [0.05, 0.1) is 18.4 Å². The minimum absolute atomic E-state index is 0.000336. The number of aromatic nitrogens is 3. The van der Waals surface area contributed by atoms with Crippen molar-refractivity contribution in [2.45, 2.75) is 39.5 Å². The lowest BCUT2D eigenvalue weighted by molar-refractivity contribution is 0.0702. The van der Waals surface area contributed by atoms with Crippen LogP contribution in [0.3, 0.4) is 0 Å². The Morgan fingerprint density at radius 3 is 2.66 bits per heavy atom. The molecule has 7 nitrogen and oxygen atoms in total. The number of nitrogens with zero attached hydrogens (tertiary/aromatic N) is 4. The smallest absolute Gasteiger partial charge is 0.257 e. The highest BCUT2D eigenvalue weighted by atomic mass is 16.5. The molecule has 1 aromatic carbocycles. The van der Waals surface area contributed by atoms with E-state index in [2.05, 4.69) is 15.3 Å². The van der Waals surface area contributed by atoms with Crippen LogP contribution in [0.15, 0.2) is 42.6 Å². The summed E-state index contributed by atoms with van der Waals surface area (Å²) in [5.41, 5.74) is 3.74. The Hall–Kier alpha value is -3.48. The molecule has 3 heterocycles. The predicted octanol–water partition coefficient (Wildman–Crippen LogP) is 4.57. The van der Waals surface area contributed by atoms with Crippen molar-refractivity contribution in [3.8, 4) is 5.75 Å². The van der Waals surface area contributed by atoms with Gasteiger partial charge < -0.3 is 15.0 Å². The molecule has 1 N–H and O–H groups in total. The summed E-state index contributed by atoms with van der Waals surface area (Å²) in [5, 5.41) is 3.29. The molecule has 0 unspecified atom stereocenters. The second-order valence-corrected chi connectivity index (χ2v) is 8.36. The average molecular weight is 432 g/mol. The van der Waals surface area contributed by atoms with E-state index in [1.54, 1.807) is 13.3 Å². The fourth-order valence-corrected chi connectivity index (χ4v) is 4.15. The van der Waals surface area contributed by atoms with E-state index >= 15 is 0 Å². The summed E-state index contributed by atoms with van der Waals surface area (Å²) in [6, 6.07) is 11.6. The molecule has 0 spiro atoms. The van der Waals surface area contributed by atoms with E-state index in [0.717, 1.165) is 42.0 Å². The minimum atomic E-state index is -0.000336. The second-order valence-electron chi connectivity index (χ2n) is 8.36. The van der Waals surface area contributed by atoms with Gasteiger partial charge in [0.2, 0.25) is 0 Å². The molecule has 2 aromatic heterocycles. The van der Waals surface area contributed by atoms with E-state index in [4.69, 9.17) is 9.72 Å². The molecule has 7 heteroatoms. The Morgan fingerprint density at radius 1 is 1.06 bits per heavy atom. The summed E-state index contributed by atoms with van der Waals surface area (Å²) in [4.78, 5) is 28.8. The first-order valence-electron chi connectivity index (χ1n) is 10.9. The van der Waals surface area contributed by atoms with Crippen molar-refractivity contribution in [3.05, 3.63) is 70.8 Å². The summed E-state index contributed by atoms with van der Waals surface area (Å²) in [6.07, 6.45) is 3.68. The van der Waals surface area contributed by atoms with Crippen LogP contribution in [-0.2, 0) is 0 Å². The molecule has 3 aromatic rings. The summed E-state index contributed by atoms with van der Waals surface area (Å²) in [6.45, 7) is 7.26. The molecule has 1 aliphatic rings. The average Bonchev–Trinajstić information content (AvgIpc) is 2.78. The SMILES string of the molecule is COc1cc(C)ccc1C(=O)N1CCC[C@H](c2cc(Nc3cc(C)ccn3)nc(C)n2)C1. The van der Waals surface area contributed by atoms with Gasteiger partial charge >= 0.3 is 0 Å². The lowest BCUT2D eigenvalue weighted by Crippen LogP contribution is -2.39.